The Balaban J connectivity index is 2.55. The van der Waals surface area contributed by atoms with Gasteiger partial charge in [0.15, 0.2) is 0 Å². The number of aromatic nitrogens is 2. The highest BCUT2D eigenvalue weighted by molar-refractivity contribution is 7.13. The summed E-state index contributed by atoms with van der Waals surface area (Å²) in [5, 5.41) is 10.4. The minimum atomic E-state index is -0.397. The van der Waals surface area contributed by atoms with E-state index in [4.69, 9.17) is 5.26 Å². The number of rotatable bonds is 1. The summed E-state index contributed by atoms with van der Waals surface area (Å²) in [5.41, 5.74) is -0.365. The smallest absolute Gasteiger partial charge is 0.269 e. The SMILES string of the molecule is N#Cc1cnc(-c2cccs2)[nH]c1=O. The van der Waals surface area contributed by atoms with E-state index >= 15 is 0 Å². The maximum Gasteiger partial charge on any atom is 0.269 e. The van der Waals surface area contributed by atoms with Crippen molar-refractivity contribution in [1.29, 1.82) is 5.26 Å². The predicted octanol–water partition coefficient (Wildman–Crippen LogP) is 1.37. The molecule has 2 aromatic rings. The fourth-order valence-corrected chi connectivity index (χ4v) is 1.69. The number of hydrogen-bond donors (Lipinski definition) is 1. The highest BCUT2D eigenvalue weighted by Crippen LogP contribution is 2.18. The van der Waals surface area contributed by atoms with Gasteiger partial charge in [-0.1, -0.05) is 6.07 Å². The van der Waals surface area contributed by atoms with Crippen molar-refractivity contribution in [3.05, 3.63) is 39.6 Å². The van der Waals surface area contributed by atoms with Crippen molar-refractivity contribution >= 4 is 11.3 Å². The minimum absolute atomic E-state index is 0.0327. The second-order valence-corrected chi connectivity index (χ2v) is 3.51. The second kappa shape index (κ2) is 3.44. The Labute approximate surface area is 83.5 Å². The summed E-state index contributed by atoms with van der Waals surface area (Å²) < 4.78 is 0. The number of nitrogens with one attached hydrogen (secondary N) is 1. The van der Waals surface area contributed by atoms with Crippen molar-refractivity contribution in [2.24, 2.45) is 0 Å². The lowest BCUT2D eigenvalue weighted by Gasteiger charge is -1.94. The summed E-state index contributed by atoms with van der Waals surface area (Å²) in [6.07, 6.45) is 1.29. The molecule has 0 fully saturated rings. The normalized spacial score (nSPS) is 9.64. The van der Waals surface area contributed by atoms with Crippen LogP contribution in [0.4, 0.5) is 0 Å². The molecule has 0 saturated carbocycles. The summed E-state index contributed by atoms with van der Waals surface area (Å²) in [6.45, 7) is 0. The van der Waals surface area contributed by atoms with Crippen LogP contribution in [0.2, 0.25) is 0 Å². The van der Waals surface area contributed by atoms with Crippen LogP contribution in [-0.4, -0.2) is 9.97 Å². The molecule has 4 nitrogen and oxygen atoms in total. The van der Waals surface area contributed by atoms with Gasteiger partial charge < -0.3 is 4.98 Å². The highest BCUT2D eigenvalue weighted by atomic mass is 32.1. The van der Waals surface area contributed by atoms with Crippen molar-refractivity contribution in [3.63, 3.8) is 0 Å². The topological polar surface area (TPSA) is 69.5 Å². The number of nitrogens with zero attached hydrogens (tertiary/aromatic N) is 2. The Morgan fingerprint density at radius 2 is 2.43 bits per heavy atom. The molecule has 0 amide bonds. The fraction of sp³-hybridized carbons (Fsp3) is 0. The average molecular weight is 203 g/mol. The third-order valence-corrected chi connectivity index (χ3v) is 2.55. The van der Waals surface area contributed by atoms with E-state index in [0.29, 0.717) is 5.82 Å². The van der Waals surface area contributed by atoms with Gasteiger partial charge in [0.05, 0.1) is 11.1 Å². The third-order valence-electron chi connectivity index (χ3n) is 1.67. The number of hydrogen-bond acceptors (Lipinski definition) is 4. The van der Waals surface area contributed by atoms with Crippen molar-refractivity contribution in [3.8, 4) is 16.8 Å². The lowest BCUT2D eigenvalue weighted by molar-refractivity contribution is 1.12. The van der Waals surface area contributed by atoms with Gasteiger partial charge in [-0.3, -0.25) is 4.79 Å². The lowest BCUT2D eigenvalue weighted by atomic mass is 10.3. The van der Waals surface area contributed by atoms with E-state index in [1.807, 2.05) is 17.5 Å². The van der Waals surface area contributed by atoms with Gasteiger partial charge in [-0.2, -0.15) is 5.26 Å². The molecular formula is C9H5N3OS. The molecule has 0 unspecified atom stereocenters. The van der Waals surface area contributed by atoms with Gasteiger partial charge in [0.1, 0.15) is 17.5 Å². The van der Waals surface area contributed by atoms with Crippen LogP contribution in [0.5, 0.6) is 0 Å². The largest absolute Gasteiger partial charge is 0.305 e. The highest BCUT2D eigenvalue weighted by Gasteiger charge is 2.03. The van der Waals surface area contributed by atoms with Gasteiger partial charge in [-0.25, -0.2) is 4.98 Å². The van der Waals surface area contributed by atoms with Crippen LogP contribution in [0, 0.1) is 11.3 Å². The third kappa shape index (κ3) is 1.43. The van der Waals surface area contributed by atoms with Crippen LogP contribution in [0.15, 0.2) is 28.5 Å². The van der Waals surface area contributed by atoms with E-state index < -0.39 is 5.56 Å². The lowest BCUT2D eigenvalue weighted by Crippen LogP contribution is -2.11. The first kappa shape index (κ1) is 8.66. The van der Waals surface area contributed by atoms with Crippen LogP contribution in [0.1, 0.15) is 5.56 Å². The second-order valence-electron chi connectivity index (χ2n) is 2.56. The number of thiophene rings is 1. The van der Waals surface area contributed by atoms with Crippen LogP contribution in [-0.2, 0) is 0 Å². The zero-order valence-electron chi connectivity index (χ0n) is 7.02. The van der Waals surface area contributed by atoms with Gasteiger partial charge in [0.25, 0.3) is 5.56 Å². The molecule has 1 N–H and O–H groups in total. The summed E-state index contributed by atoms with van der Waals surface area (Å²) in [6, 6.07) is 5.49. The molecule has 0 aliphatic heterocycles. The fourth-order valence-electron chi connectivity index (χ4n) is 1.01. The molecule has 0 aliphatic carbocycles. The number of aromatic amines is 1. The molecule has 14 heavy (non-hydrogen) atoms. The molecule has 2 rings (SSSR count). The summed E-state index contributed by atoms with van der Waals surface area (Å²) in [7, 11) is 0. The monoisotopic (exact) mass is 203 g/mol. The predicted molar refractivity (Wildman–Crippen MR) is 52.9 cm³/mol. The summed E-state index contributed by atoms with van der Waals surface area (Å²) in [5.74, 6) is 0.504. The Hall–Kier alpha value is -1.93. The van der Waals surface area contributed by atoms with Crippen molar-refractivity contribution < 1.29 is 0 Å². The van der Waals surface area contributed by atoms with Gasteiger partial charge in [0.2, 0.25) is 0 Å². The van der Waals surface area contributed by atoms with Crippen LogP contribution < -0.4 is 5.56 Å². The van der Waals surface area contributed by atoms with Crippen molar-refractivity contribution in [2.45, 2.75) is 0 Å². The van der Waals surface area contributed by atoms with Gasteiger partial charge in [0, 0.05) is 0 Å². The molecule has 2 heterocycles. The molecule has 0 bridgehead atoms. The van der Waals surface area contributed by atoms with E-state index in [9.17, 15) is 4.79 Å². The maximum absolute atomic E-state index is 11.3. The minimum Gasteiger partial charge on any atom is -0.305 e. The van der Waals surface area contributed by atoms with Gasteiger partial charge >= 0.3 is 0 Å². The molecule has 0 atom stereocenters. The maximum atomic E-state index is 11.3. The first-order valence-electron chi connectivity index (χ1n) is 3.84. The van der Waals surface area contributed by atoms with Crippen LogP contribution in [0.25, 0.3) is 10.7 Å². The van der Waals surface area contributed by atoms with Gasteiger partial charge in [-0.05, 0) is 11.4 Å². The first-order chi connectivity index (χ1) is 6.81. The Kier molecular flexibility index (Phi) is 2.13. The molecule has 0 aromatic carbocycles. The van der Waals surface area contributed by atoms with E-state index in [0.717, 1.165) is 4.88 Å². The molecule has 5 heteroatoms. The van der Waals surface area contributed by atoms with E-state index in [2.05, 4.69) is 9.97 Å². The molecular weight excluding hydrogens is 198 g/mol. The first-order valence-corrected chi connectivity index (χ1v) is 4.72. The van der Waals surface area contributed by atoms with Crippen molar-refractivity contribution in [2.75, 3.05) is 0 Å². The summed E-state index contributed by atoms with van der Waals surface area (Å²) in [4.78, 5) is 18.7. The van der Waals surface area contributed by atoms with Crippen molar-refractivity contribution in [1.82, 2.24) is 9.97 Å². The molecule has 0 saturated heterocycles. The zero-order valence-corrected chi connectivity index (χ0v) is 7.84. The quantitative estimate of drug-likeness (QED) is 0.761. The van der Waals surface area contributed by atoms with E-state index in [1.165, 1.54) is 17.5 Å². The zero-order chi connectivity index (χ0) is 9.97. The van der Waals surface area contributed by atoms with Gasteiger partial charge in [-0.15, -0.1) is 11.3 Å². The number of H-pyrrole nitrogens is 1. The molecule has 2 aromatic heterocycles. The molecule has 0 spiro atoms. The van der Waals surface area contributed by atoms with Crippen LogP contribution in [0.3, 0.4) is 0 Å². The Morgan fingerprint density at radius 1 is 1.57 bits per heavy atom. The average Bonchev–Trinajstić information content (AvgIpc) is 2.70. The van der Waals surface area contributed by atoms with E-state index in [-0.39, 0.29) is 5.56 Å². The van der Waals surface area contributed by atoms with Crippen LogP contribution >= 0.6 is 11.3 Å². The molecule has 0 aliphatic rings. The molecule has 68 valence electrons. The molecule has 0 radical (unpaired) electrons. The Bertz CT molecular complexity index is 536. The van der Waals surface area contributed by atoms with E-state index in [1.54, 1.807) is 6.07 Å². The Morgan fingerprint density at radius 3 is 3.00 bits per heavy atom. The standard InChI is InChI=1S/C9H5N3OS/c10-4-6-5-11-8(12-9(6)13)7-2-1-3-14-7/h1-3,5H,(H,11,12,13). The summed E-state index contributed by atoms with van der Waals surface area (Å²) >= 11 is 1.48. The number of nitriles is 1.